The number of hydrogen-bond acceptors (Lipinski definition) is 0. The topological polar surface area (TPSA) is 0 Å². The monoisotopic (exact) mass is 122 g/mol. The van der Waals surface area contributed by atoms with Crippen LogP contribution < -0.4 is 0 Å². The zero-order valence-corrected chi connectivity index (χ0v) is 5.84. The van der Waals surface area contributed by atoms with Gasteiger partial charge in [-0.1, -0.05) is 24.3 Å². The first-order valence-electron chi connectivity index (χ1n) is 3.80. The van der Waals surface area contributed by atoms with Gasteiger partial charge >= 0.3 is 0 Å². The number of hydrogen-bond donors (Lipinski definition) is 0. The Morgan fingerprint density at radius 1 is 0.667 bits per heavy atom. The molecular weight excluding hydrogens is 108 g/mol. The van der Waals surface area contributed by atoms with E-state index in [1.165, 1.54) is 25.7 Å². The second kappa shape index (κ2) is 4.37. The summed E-state index contributed by atoms with van der Waals surface area (Å²) in [7, 11) is 0. The lowest BCUT2D eigenvalue weighted by Gasteiger charge is -1.89. The molecule has 0 heterocycles. The van der Waals surface area contributed by atoms with Gasteiger partial charge in [0.15, 0.2) is 0 Å². The summed E-state index contributed by atoms with van der Waals surface area (Å²) in [5.41, 5.74) is 0. The van der Waals surface area contributed by atoms with E-state index >= 15 is 0 Å². The molecule has 0 radical (unpaired) electrons. The maximum atomic E-state index is 2.29. The third kappa shape index (κ3) is 3.12. The van der Waals surface area contributed by atoms with E-state index in [0.29, 0.717) is 0 Å². The summed E-state index contributed by atoms with van der Waals surface area (Å²) in [6.07, 6.45) is 15.5. The minimum absolute atomic E-state index is 1.14. The Hall–Kier alpha value is -0.520. The lowest BCUT2D eigenvalue weighted by atomic mass is 10.2. The highest BCUT2D eigenvalue weighted by Gasteiger charge is 1.84. The van der Waals surface area contributed by atoms with Crippen LogP contribution in [0.4, 0.5) is 0 Å². The fourth-order valence-electron chi connectivity index (χ4n) is 1.03. The maximum absolute atomic E-state index is 2.29. The molecule has 0 unspecified atom stereocenters. The molecule has 0 fully saturated rings. The summed E-state index contributed by atoms with van der Waals surface area (Å²) in [6, 6.07) is 0. The van der Waals surface area contributed by atoms with Crippen LogP contribution in [0.1, 0.15) is 32.1 Å². The Morgan fingerprint density at radius 2 is 1.22 bits per heavy atom. The van der Waals surface area contributed by atoms with E-state index in [-0.39, 0.29) is 0 Å². The van der Waals surface area contributed by atoms with Gasteiger partial charge in [-0.2, -0.15) is 0 Å². The quantitative estimate of drug-likeness (QED) is 0.433. The summed E-state index contributed by atoms with van der Waals surface area (Å²) in [6.45, 7) is 0. The summed E-state index contributed by atoms with van der Waals surface area (Å²) >= 11 is 0. The van der Waals surface area contributed by atoms with Crippen LogP contribution in [0.2, 0.25) is 0 Å². The van der Waals surface area contributed by atoms with Crippen molar-refractivity contribution in [3.8, 4) is 0 Å². The molecule has 0 aromatic rings. The molecule has 1 aliphatic rings. The van der Waals surface area contributed by atoms with Crippen molar-refractivity contribution < 1.29 is 0 Å². The summed E-state index contributed by atoms with van der Waals surface area (Å²) in [5.74, 6) is 0. The standard InChI is InChI=1S/C9H14/c1-2-4-6-8-9-7-5-3-1/h1-2,5,7H,3-4,6,8-9H2/b2-1+,7-5+. The molecule has 0 N–H and O–H groups in total. The normalized spacial score (nSPS) is 27.6. The molecule has 0 amide bonds. The van der Waals surface area contributed by atoms with Crippen LogP contribution >= 0.6 is 0 Å². The molecule has 0 saturated heterocycles. The zero-order valence-electron chi connectivity index (χ0n) is 5.84. The van der Waals surface area contributed by atoms with Gasteiger partial charge in [-0.25, -0.2) is 0 Å². The third-order valence-corrected chi connectivity index (χ3v) is 1.60. The molecule has 0 bridgehead atoms. The van der Waals surface area contributed by atoms with Gasteiger partial charge in [0.05, 0.1) is 0 Å². The zero-order chi connectivity index (χ0) is 6.36. The SMILES string of the molecule is C1=C/CCCC/C=C/C/1. The van der Waals surface area contributed by atoms with Crippen LogP contribution in [0.15, 0.2) is 24.3 Å². The van der Waals surface area contributed by atoms with Crippen molar-refractivity contribution in [3.05, 3.63) is 24.3 Å². The third-order valence-electron chi connectivity index (χ3n) is 1.60. The highest BCUT2D eigenvalue weighted by atomic mass is 13.9. The second-order valence-corrected chi connectivity index (χ2v) is 2.46. The van der Waals surface area contributed by atoms with E-state index < -0.39 is 0 Å². The predicted octanol–water partition coefficient (Wildman–Crippen LogP) is 3.06. The van der Waals surface area contributed by atoms with Gasteiger partial charge < -0.3 is 0 Å². The molecule has 0 aliphatic heterocycles. The van der Waals surface area contributed by atoms with Gasteiger partial charge in [0, 0.05) is 0 Å². The van der Waals surface area contributed by atoms with Crippen LogP contribution in [0, 0.1) is 0 Å². The average molecular weight is 122 g/mol. The summed E-state index contributed by atoms with van der Waals surface area (Å²) in [4.78, 5) is 0. The van der Waals surface area contributed by atoms with Crippen LogP contribution in [-0.4, -0.2) is 0 Å². The van der Waals surface area contributed by atoms with Gasteiger partial charge in [-0.05, 0) is 32.1 Å². The molecule has 0 aromatic carbocycles. The number of rotatable bonds is 0. The molecule has 0 saturated carbocycles. The van der Waals surface area contributed by atoms with E-state index in [1.54, 1.807) is 0 Å². The van der Waals surface area contributed by atoms with E-state index in [4.69, 9.17) is 0 Å². The Balaban J connectivity index is 2.28. The van der Waals surface area contributed by atoms with E-state index in [9.17, 15) is 0 Å². The molecule has 0 spiro atoms. The minimum Gasteiger partial charge on any atom is -0.0882 e. The van der Waals surface area contributed by atoms with Gasteiger partial charge in [0.2, 0.25) is 0 Å². The first-order chi connectivity index (χ1) is 4.50. The molecule has 1 rings (SSSR count). The Bertz CT molecular complexity index is 95.2. The Morgan fingerprint density at radius 3 is 1.78 bits per heavy atom. The maximum Gasteiger partial charge on any atom is -0.0169 e. The van der Waals surface area contributed by atoms with Crippen molar-refractivity contribution in [2.24, 2.45) is 0 Å². The van der Waals surface area contributed by atoms with Crippen molar-refractivity contribution in [2.45, 2.75) is 32.1 Å². The lowest BCUT2D eigenvalue weighted by Crippen LogP contribution is -1.69. The van der Waals surface area contributed by atoms with Crippen molar-refractivity contribution >= 4 is 0 Å². The van der Waals surface area contributed by atoms with Gasteiger partial charge in [0.25, 0.3) is 0 Å². The molecule has 0 heteroatoms. The second-order valence-electron chi connectivity index (χ2n) is 2.46. The predicted molar refractivity (Wildman–Crippen MR) is 41.4 cm³/mol. The summed E-state index contributed by atoms with van der Waals surface area (Å²) in [5, 5.41) is 0. The van der Waals surface area contributed by atoms with E-state index in [2.05, 4.69) is 24.3 Å². The molecule has 0 aromatic heterocycles. The Kier molecular flexibility index (Phi) is 3.20. The van der Waals surface area contributed by atoms with Crippen LogP contribution in [-0.2, 0) is 0 Å². The van der Waals surface area contributed by atoms with Crippen molar-refractivity contribution in [1.29, 1.82) is 0 Å². The molecule has 1 aliphatic carbocycles. The van der Waals surface area contributed by atoms with Crippen LogP contribution in [0.3, 0.4) is 0 Å². The molecular formula is C9H14. The van der Waals surface area contributed by atoms with Crippen molar-refractivity contribution in [2.75, 3.05) is 0 Å². The molecule has 9 heavy (non-hydrogen) atoms. The lowest BCUT2D eigenvalue weighted by molar-refractivity contribution is 0.764. The average Bonchev–Trinajstić information content (AvgIpc) is 2.00. The van der Waals surface area contributed by atoms with Crippen molar-refractivity contribution in [1.82, 2.24) is 0 Å². The number of allylic oxidation sites excluding steroid dienone is 4. The summed E-state index contributed by atoms with van der Waals surface area (Å²) < 4.78 is 0. The van der Waals surface area contributed by atoms with Crippen molar-refractivity contribution in [3.63, 3.8) is 0 Å². The highest BCUT2D eigenvalue weighted by Crippen LogP contribution is 2.05. The van der Waals surface area contributed by atoms with Gasteiger partial charge in [-0.15, -0.1) is 0 Å². The molecule has 0 nitrogen and oxygen atoms in total. The fourth-order valence-corrected chi connectivity index (χ4v) is 1.03. The fraction of sp³-hybridized carbons (Fsp3) is 0.556. The van der Waals surface area contributed by atoms with E-state index in [1.807, 2.05) is 0 Å². The van der Waals surface area contributed by atoms with Crippen LogP contribution in [0.5, 0.6) is 0 Å². The van der Waals surface area contributed by atoms with Gasteiger partial charge in [0.1, 0.15) is 0 Å². The van der Waals surface area contributed by atoms with Gasteiger partial charge in [-0.3, -0.25) is 0 Å². The smallest absolute Gasteiger partial charge is 0.0169 e. The molecule has 50 valence electrons. The minimum atomic E-state index is 1.14. The first kappa shape index (κ1) is 6.60. The first-order valence-corrected chi connectivity index (χ1v) is 3.80. The largest absolute Gasteiger partial charge is 0.0882 e. The van der Waals surface area contributed by atoms with Crippen LogP contribution in [0.25, 0.3) is 0 Å². The highest BCUT2D eigenvalue weighted by molar-refractivity contribution is 4.94. The van der Waals surface area contributed by atoms with E-state index in [0.717, 1.165) is 6.42 Å². The molecule has 0 atom stereocenters. The Labute approximate surface area is 57.3 Å².